The highest BCUT2D eigenvalue weighted by atomic mass is 16.7. The van der Waals surface area contributed by atoms with Crippen molar-refractivity contribution in [1.82, 2.24) is 5.48 Å². The van der Waals surface area contributed by atoms with Crippen molar-refractivity contribution in [2.24, 2.45) is 11.8 Å². The molecule has 1 saturated heterocycles. The van der Waals surface area contributed by atoms with Crippen LogP contribution in [0.25, 0.3) is 0 Å². The lowest BCUT2D eigenvalue weighted by atomic mass is 9.82. The van der Waals surface area contributed by atoms with Gasteiger partial charge < -0.3 is 14.3 Å². The Kier molecular flexibility index (Phi) is 5.35. The molecule has 0 saturated carbocycles. The number of ether oxygens (including phenoxy) is 2. The molecule has 1 unspecified atom stereocenters. The third-order valence-electron chi connectivity index (χ3n) is 3.63. The fourth-order valence-electron chi connectivity index (χ4n) is 2.37. The molecule has 1 rings (SSSR count). The summed E-state index contributed by atoms with van der Waals surface area (Å²) in [7, 11) is 0. The van der Waals surface area contributed by atoms with Crippen molar-refractivity contribution in [3.8, 4) is 0 Å². The number of carbonyl (C=O) groups is 1. The van der Waals surface area contributed by atoms with Crippen LogP contribution < -0.4 is 5.48 Å². The lowest BCUT2D eigenvalue weighted by Crippen LogP contribution is -2.51. The molecule has 1 N–H and O–H groups in total. The molecule has 0 radical (unpaired) electrons. The Morgan fingerprint density at radius 1 is 1.32 bits per heavy atom. The smallest absolute Gasteiger partial charge is 0.321 e. The van der Waals surface area contributed by atoms with E-state index < -0.39 is 11.3 Å². The maximum atomic E-state index is 10.9. The number of hydroxylamine groups is 1. The second-order valence-corrected chi connectivity index (χ2v) is 6.30. The molecular weight excluding hydrogens is 246 g/mol. The largest absolute Gasteiger partial charge is 0.371 e. The summed E-state index contributed by atoms with van der Waals surface area (Å²) in [6.07, 6.45) is 0.618. The molecule has 5 heteroatoms. The van der Waals surface area contributed by atoms with Gasteiger partial charge in [-0.2, -0.15) is 0 Å². The number of nitrogens with one attached hydrogen (secondary N) is 1. The monoisotopic (exact) mass is 273 g/mol. The van der Waals surface area contributed by atoms with E-state index in [2.05, 4.69) is 26.3 Å². The summed E-state index contributed by atoms with van der Waals surface area (Å²) >= 11 is 0. The van der Waals surface area contributed by atoms with Gasteiger partial charge in [0.1, 0.15) is 0 Å². The SMILES string of the molecule is CC(=O)ONC(C)(C)CC1(C(C)C(C)C)OCCO1. The minimum atomic E-state index is -0.606. The minimum absolute atomic E-state index is 0.258. The lowest BCUT2D eigenvalue weighted by molar-refractivity contribution is -0.220. The van der Waals surface area contributed by atoms with Gasteiger partial charge >= 0.3 is 5.97 Å². The summed E-state index contributed by atoms with van der Waals surface area (Å²) in [5.41, 5.74) is 2.38. The molecule has 112 valence electrons. The van der Waals surface area contributed by atoms with Crippen molar-refractivity contribution < 1.29 is 19.1 Å². The maximum absolute atomic E-state index is 10.9. The third kappa shape index (κ3) is 4.44. The highest BCUT2D eigenvalue weighted by molar-refractivity contribution is 5.65. The van der Waals surface area contributed by atoms with Gasteiger partial charge in [-0.05, 0) is 19.8 Å². The van der Waals surface area contributed by atoms with Crippen molar-refractivity contribution in [1.29, 1.82) is 0 Å². The standard InChI is InChI=1S/C14H27NO4/c1-10(2)11(3)14(17-7-8-18-14)9-13(5,6)15-19-12(4)16/h10-11,15H,7-9H2,1-6H3. The fraction of sp³-hybridized carbons (Fsp3) is 0.929. The highest BCUT2D eigenvalue weighted by Crippen LogP contribution is 2.39. The van der Waals surface area contributed by atoms with Crippen molar-refractivity contribution in [2.75, 3.05) is 13.2 Å². The van der Waals surface area contributed by atoms with Crippen molar-refractivity contribution in [3.05, 3.63) is 0 Å². The van der Waals surface area contributed by atoms with Crippen molar-refractivity contribution in [2.45, 2.75) is 59.3 Å². The van der Waals surface area contributed by atoms with Crippen LogP contribution in [0.2, 0.25) is 0 Å². The van der Waals surface area contributed by atoms with E-state index in [1.165, 1.54) is 6.92 Å². The minimum Gasteiger partial charge on any atom is -0.371 e. The number of hydrogen-bond acceptors (Lipinski definition) is 5. The molecule has 1 aliphatic heterocycles. The molecule has 1 fully saturated rings. The first-order valence-electron chi connectivity index (χ1n) is 6.91. The molecule has 1 aliphatic rings. The maximum Gasteiger partial charge on any atom is 0.321 e. The van der Waals surface area contributed by atoms with Crippen LogP contribution >= 0.6 is 0 Å². The van der Waals surface area contributed by atoms with E-state index in [9.17, 15) is 4.79 Å². The summed E-state index contributed by atoms with van der Waals surface area (Å²) < 4.78 is 11.8. The van der Waals surface area contributed by atoms with Crippen LogP contribution in [0.15, 0.2) is 0 Å². The summed E-state index contributed by atoms with van der Waals surface area (Å²) in [6, 6.07) is 0. The second kappa shape index (κ2) is 6.20. The quantitative estimate of drug-likeness (QED) is 0.752. The predicted octanol–water partition coefficient (Wildman–Crippen LogP) is 2.26. The molecule has 1 atom stereocenters. The molecule has 5 nitrogen and oxygen atoms in total. The Labute approximate surface area is 115 Å². The molecule has 0 aromatic heterocycles. The van der Waals surface area contributed by atoms with Gasteiger partial charge in [0.2, 0.25) is 0 Å². The second-order valence-electron chi connectivity index (χ2n) is 6.30. The molecule has 0 spiro atoms. The van der Waals surface area contributed by atoms with Crippen molar-refractivity contribution in [3.63, 3.8) is 0 Å². The Morgan fingerprint density at radius 3 is 2.26 bits per heavy atom. The van der Waals surface area contributed by atoms with E-state index in [1.54, 1.807) is 0 Å². The molecule has 0 aromatic carbocycles. The van der Waals surface area contributed by atoms with E-state index in [1.807, 2.05) is 13.8 Å². The lowest BCUT2D eigenvalue weighted by Gasteiger charge is -2.41. The molecular formula is C14H27NO4. The number of carbonyl (C=O) groups excluding carboxylic acids is 1. The summed E-state index contributed by atoms with van der Waals surface area (Å²) in [5.74, 6) is -0.256. The molecule has 1 heterocycles. The molecule has 0 aromatic rings. The average Bonchev–Trinajstić information content (AvgIpc) is 2.74. The molecule has 0 aliphatic carbocycles. The van der Waals surface area contributed by atoms with Gasteiger partial charge in [-0.1, -0.05) is 20.8 Å². The van der Waals surface area contributed by atoms with E-state index >= 15 is 0 Å². The van der Waals surface area contributed by atoms with Gasteiger partial charge in [-0.25, -0.2) is 0 Å². The number of hydrogen-bond donors (Lipinski definition) is 1. The normalized spacial score (nSPS) is 20.6. The van der Waals surface area contributed by atoms with Crippen LogP contribution in [0.3, 0.4) is 0 Å². The van der Waals surface area contributed by atoms with E-state index in [4.69, 9.17) is 14.3 Å². The molecule has 0 bridgehead atoms. The average molecular weight is 273 g/mol. The topological polar surface area (TPSA) is 56.8 Å². The number of rotatable bonds is 6. The fourth-order valence-corrected chi connectivity index (χ4v) is 2.37. The predicted molar refractivity (Wildman–Crippen MR) is 72.2 cm³/mol. The van der Waals surface area contributed by atoms with Crippen LogP contribution in [0.4, 0.5) is 0 Å². The van der Waals surface area contributed by atoms with E-state index in [-0.39, 0.29) is 11.9 Å². The Balaban J connectivity index is 2.75. The first kappa shape index (κ1) is 16.4. The van der Waals surface area contributed by atoms with Gasteiger partial charge in [0.05, 0.1) is 18.8 Å². The zero-order valence-electron chi connectivity index (χ0n) is 12.9. The van der Waals surface area contributed by atoms with E-state index in [0.29, 0.717) is 25.6 Å². The van der Waals surface area contributed by atoms with Crippen LogP contribution in [0, 0.1) is 11.8 Å². The third-order valence-corrected chi connectivity index (χ3v) is 3.63. The Morgan fingerprint density at radius 2 is 1.84 bits per heavy atom. The van der Waals surface area contributed by atoms with Crippen LogP contribution in [0.5, 0.6) is 0 Å². The van der Waals surface area contributed by atoms with Crippen LogP contribution in [0.1, 0.15) is 48.0 Å². The van der Waals surface area contributed by atoms with Crippen LogP contribution in [-0.4, -0.2) is 30.5 Å². The van der Waals surface area contributed by atoms with Gasteiger partial charge in [0.25, 0.3) is 0 Å². The van der Waals surface area contributed by atoms with Gasteiger partial charge in [0.15, 0.2) is 5.79 Å². The van der Waals surface area contributed by atoms with Crippen LogP contribution in [-0.2, 0) is 19.1 Å². The van der Waals surface area contributed by atoms with Gasteiger partial charge in [0, 0.05) is 19.3 Å². The zero-order chi connectivity index (χ0) is 14.7. The highest BCUT2D eigenvalue weighted by Gasteiger charge is 2.47. The summed E-state index contributed by atoms with van der Waals surface area (Å²) in [5, 5.41) is 0. The first-order valence-corrected chi connectivity index (χ1v) is 6.91. The first-order chi connectivity index (χ1) is 8.68. The summed E-state index contributed by atoms with van der Waals surface area (Å²) in [6.45, 7) is 13.0. The van der Waals surface area contributed by atoms with E-state index in [0.717, 1.165) is 0 Å². The zero-order valence-corrected chi connectivity index (χ0v) is 12.9. The molecule has 0 amide bonds. The van der Waals surface area contributed by atoms with Crippen molar-refractivity contribution >= 4 is 5.97 Å². The summed E-state index contributed by atoms with van der Waals surface area (Å²) in [4.78, 5) is 15.8. The van der Waals surface area contributed by atoms with Gasteiger partial charge in [-0.3, -0.25) is 4.79 Å². The Bertz CT molecular complexity index is 309. The molecule has 19 heavy (non-hydrogen) atoms. The van der Waals surface area contributed by atoms with Gasteiger partial charge in [-0.15, -0.1) is 5.48 Å². The Hall–Kier alpha value is -0.650.